The number of allylic oxidation sites excluding steroid dienone is 1. The SMILES string of the molecule is C=C(/C=C(\N=C(\C)C(C)CC)c1ccccc1)Oc1cc(N)ccc1-c1ccc(CCN)cn1. The minimum Gasteiger partial charge on any atom is -0.457 e. The Morgan fingerprint density at radius 3 is 2.56 bits per heavy atom. The number of aromatic nitrogens is 1. The predicted octanol–water partition coefficient (Wildman–Crippen LogP) is 6.27. The Morgan fingerprint density at radius 1 is 1.15 bits per heavy atom. The van der Waals surface area contributed by atoms with E-state index in [1.54, 1.807) is 6.07 Å². The first-order valence-electron chi connectivity index (χ1n) is 11.6. The molecule has 2 aromatic carbocycles. The topological polar surface area (TPSA) is 86.5 Å². The number of aliphatic imine (C=N–C) groups is 1. The van der Waals surface area contributed by atoms with Gasteiger partial charge in [-0.3, -0.25) is 9.98 Å². The molecule has 176 valence electrons. The number of hydrogen-bond donors (Lipinski definition) is 2. The molecule has 4 N–H and O–H groups in total. The van der Waals surface area contributed by atoms with Gasteiger partial charge in [-0.25, -0.2) is 0 Å². The third kappa shape index (κ3) is 6.65. The minimum absolute atomic E-state index is 0.384. The Morgan fingerprint density at radius 2 is 1.91 bits per heavy atom. The lowest BCUT2D eigenvalue weighted by Gasteiger charge is -2.14. The van der Waals surface area contributed by atoms with Crippen molar-refractivity contribution in [1.82, 2.24) is 4.98 Å². The first-order valence-corrected chi connectivity index (χ1v) is 11.6. The molecule has 0 bridgehead atoms. The van der Waals surface area contributed by atoms with Gasteiger partial charge in [0.15, 0.2) is 0 Å². The summed E-state index contributed by atoms with van der Waals surface area (Å²) >= 11 is 0. The summed E-state index contributed by atoms with van der Waals surface area (Å²) in [6, 6.07) is 19.6. The Bertz CT molecular complexity index is 1160. The van der Waals surface area contributed by atoms with Gasteiger partial charge in [-0.2, -0.15) is 0 Å². The molecule has 0 saturated heterocycles. The van der Waals surface area contributed by atoms with Gasteiger partial charge >= 0.3 is 0 Å². The van der Waals surface area contributed by atoms with Crippen molar-refractivity contribution in [2.75, 3.05) is 12.3 Å². The van der Waals surface area contributed by atoms with Crippen molar-refractivity contribution >= 4 is 17.1 Å². The first kappa shape index (κ1) is 24.9. The molecule has 0 aliphatic rings. The van der Waals surface area contributed by atoms with Crippen LogP contribution >= 0.6 is 0 Å². The van der Waals surface area contributed by atoms with Gasteiger partial charge in [0.1, 0.15) is 11.5 Å². The van der Waals surface area contributed by atoms with Crippen LogP contribution in [-0.2, 0) is 6.42 Å². The van der Waals surface area contributed by atoms with Crippen LogP contribution in [0.1, 0.15) is 38.3 Å². The van der Waals surface area contributed by atoms with Gasteiger partial charge < -0.3 is 16.2 Å². The number of anilines is 1. The summed E-state index contributed by atoms with van der Waals surface area (Å²) in [5.41, 5.74) is 17.9. The van der Waals surface area contributed by atoms with E-state index >= 15 is 0 Å². The lowest BCUT2D eigenvalue weighted by molar-refractivity contribution is 0.449. The molecule has 3 rings (SSSR count). The van der Waals surface area contributed by atoms with Gasteiger partial charge in [0.25, 0.3) is 0 Å². The van der Waals surface area contributed by atoms with Crippen LogP contribution in [0, 0.1) is 5.92 Å². The highest BCUT2D eigenvalue weighted by molar-refractivity contribution is 5.90. The van der Waals surface area contributed by atoms with Crippen LogP contribution < -0.4 is 16.2 Å². The molecule has 34 heavy (non-hydrogen) atoms. The van der Waals surface area contributed by atoms with Crippen LogP contribution in [0.3, 0.4) is 0 Å². The summed E-state index contributed by atoms with van der Waals surface area (Å²) < 4.78 is 6.20. The molecule has 1 unspecified atom stereocenters. The molecule has 0 aliphatic heterocycles. The molecule has 1 aromatic heterocycles. The van der Waals surface area contributed by atoms with E-state index in [9.17, 15) is 0 Å². The number of hydrogen-bond acceptors (Lipinski definition) is 5. The van der Waals surface area contributed by atoms with Crippen molar-refractivity contribution in [2.24, 2.45) is 16.6 Å². The lowest BCUT2D eigenvalue weighted by atomic mass is 10.0. The van der Waals surface area contributed by atoms with Gasteiger partial charge in [-0.15, -0.1) is 0 Å². The van der Waals surface area contributed by atoms with E-state index in [0.717, 1.165) is 46.6 Å². The predicted molar refractivity (Wildman–Crippen MR) is 144 cm³/mol. The van der Waals surface area contributed by atoms with E-state index < -0.39 is 0 Å². The molecule has 0 fully saturated rings. The highest BCUT2D eigenvalue weighted by Crippen LogP contribution is 2.32. The van der Waals surface area contributed by atoms with Crippen LogP contribution in [-0.4, -0.2) is 17.2 Å². The average molecular weight is 455 g/mol. The largest absolute Gasteiger partial charge is 0.457 e. The number of benzene rings is 2. The van der Waals surface area contributed by atoms with E-state index in [-0.39, 0.29) is 0 Å². The minimum atomic E-state index is 0.384. The Kier molecular flexibility index (Phi) is 8.77. The molecule has 1 atom stereocenters. The van der Waals surface area contributed by atoms with Crippen LogP contribution in [0.5, 0.6) is 5.75 Å². The fourth-order valence-corrected chi connectivity index (χ4v) is 3.44. The van der Waals surface area contributed by atoms with E-state index in [1.807, 2.05) is 66.9 Å². The lowest BCUT2D eigenvalue weighted by Crippen LogP contribution is -2.06. The second-order valence-corrected chi connectivity index (χ2v) is 8.37. The molecular weight excluding hydrogens is 420 g/mol. The van der Waals surface area contributed by atoms with Gasteiger partial charge in [0, 0.05) is 40.9 Å². The standard InChI is InChI=1S/C29H34N4O/c1-5-20(2)22(4)33-28(24-9-7-6-8-10-24)17-21(3)34-29-18-25(31)12-13-26(29)27-14-11-23(15-16-30)19-32-27/h6-14,17-20H,3,5,15-16,30-31H2,1-2,4H3/b28-17-,33-22-. The van der Waals surface area contributed by atoms with E-state index in [0.29, 0.717) is 29.7 Å². The molecule has 0 saturated carbocycles. The zero-order valence-electron chi connectivity index (χ0n) is 20.3. The average Bonchev–Trinajstić information content (AvgIpc) is 2.84. The Labute approximate surface area is 202 Å². The summed E-state index contributed by atoms with van der Waals surface area (Å²) in [5.74, 6) is 1.44. The van der Waals surface area contributed by atoms with Crippen molar-refractivity contribution in [1.29, 1.82) is 0 Å². The van der Waals surface area contributed by atoms with Crippen molar-refractivity contribution < 1.29 is 4.74 Å². The molecule has 0 amide bonds. The number of pyridine rings is 1. The van der Waals surface area contributed by atoms with E-state index in [2.05, 4.69) is 32.3 Å². The fourth-order valence-electron chi connectivity index (χ4n) is 3.44. The summed E-state index contributed by atoms with van der Waals surface area (Å²) in [6.45, 7) is 11.1. The van der Waals surface area contributed by atoms with E-state index in [4.69, 9.17) is 21.2 Å². The van der Waals surface area contributed by atoms with Crippen LogP contribution in [0.15, 0.2) is 90.3 Å². The van der Waals surface area contributed by atoms with Gasteiger partial charge in [-0.1, -0.05) is 56.8 Å². The number of nitrogens with two attached hydrogens (primary N) is 2. The molecule has 5 heteroatoms. The highest BCUT2D eigenvalue weighted by Gasteiger charge is 2.12. The molecule has 3 aromatic rings. The summed E-state index contributed by atoms with van der Waals surface area (Å²) in [5, 5.41) is 0. The number of ether oxygens (including phenoxy) is 1. The van der Waals surface area contributed by atoms with Crippen LogP contribution in [0.4, 0.5) is 5.69 Å². The highest BCUT2D eigenvalue weighted by atomic mass is 16.5. The second-order valence-electron chi connectivity index (χ2n) is 8.37. The van der Waals surface area contributed by atoms with Crippen molar-refractivity contribution in [2.45, 2.75) is 33.6 Å². The quantitative estimate of drug-likeness (QED) is 0.163. The Balaban J connectivity index is 1.94. The summed E-state index contributed by atoms with van der Waals surface area (Å²) in [6.07, 6.45) is 5.53. The van der Waals surface area contributed by atoms with Crippen molar-refractivity contribution in [3.8, 4) is 17.0 Å². The molecule has 0 aliphatic carbocycles. The third-order valence-corrected chi connectivity index (χ3v) is 5.77. The molecule has 5 nitrogen and oxygen atoms in total. The first-order chi connectivity index (χ1) is 16.4. The summed E-state index contributed by atoms with van der Waals surface area (Å²) in [7, 11) is 0. The second kappa shape index (κ2) is 12.0. The van der Waals surface area contributed by atoms with Gasteiger partial charge in [0.05, 0.1) is 11.4 Å². The molecule has 0 radical (unpaired) electrons. The monoisotopic (exact) mass is 454 g/mol. The fraction of sp³-hybridized carbons (Fsp3) is 0.241. The normalized spacial score (nSPS) is 12.9. The number of rotatable bonds is 10. The van der Waals surface area contributed by atoms with Gasteiger partial charge in [0.2, 0.25) is 0 Å². The zero-order valence-corrected chi connectivity index (χ0v) is 20.3. The maximum atomic E-state index is 6.20. The number of nitrogen functional groups attached to an aromatic ring is 1. The molecular formula is C29H34N4O. The zero-order chi connectivity index (χ0) is 24.5. The van der Waals surface area contributed by atoms with Crippen LogP contribution in [0.2, 0.25) is 0 Å². The summed E-state index contributed by atoms with van der Waals surface area (Å²) in [4.78, 5) is 9.51. The maximum Gasteiger partial charge on any atom is 0.138 e. The molecule has 0 spiro atoms. The third-order valence-electron chi connectivity index (χ3n) is 5.77. The number of nitrogens with zero attached hydrogens (tertiary/aromatic N) is 2. The maximum absolute atomic E-state index is 6.20. The van der Waals surface area contributed by atoms with Crippen molar-refractivity contribution in [3.05, 3.63) is 96.4 Å². The Hall–Kier alpha value is -3.70. The van der Waals surface area contributed by atoms with Gasteiger partial charge in [-0.05, 0) is 56.0 Å². The smallest absolute Gasteiger partial charge is 0.138 e. The van der Waals surface area contributed by atoms with Crippen molar-refractivity contribution in [3.63, 3.8) is 0 Å². The van der Waals surface area contributed by atoms with Crippen LogP contribution in [0.25, 0.3) is 17.0 Å². The molecule has 1 heterocycles. The van der Waals surface area contributed by atoms with E-state index in [1.165, 1.54) is 0 Å².